The van der Waals surface area contributed by atoms with Gasteiger partial charge in [0.05, 0.1) is 37.1 Å². The lowest BCUT2D eigenvalue weighted by Crippen LogP contribution is -2.38. The van der Waals surface area contributed by atoms with Gasteiger partial charge in [-0.2, -0.15) is 5.26 Å². The van der Waals surface area contributed by atoms with Crippen LogP contribution in [-0.2, 0) is 9.59 Å². The summed E-state index contributed by atoms with van der Waals surface area (Å²) < 4.78 is 5.21. The van der Waals surface area contributed by atoms with Crippen LogP contribution in [0.3, 0.4) is 0 Å². The Labute approximate surface area is 168 Å². The van der Waals surface area contributed by atoms with Crippen molar-refractivity contribution in [1.29, 1.82) is 5.26 Å². The van der Waals surface area contributed by atoms with E-state index in [4.69, 9.17) is 21.6 Å². The molecule has 0 radical (unpaired) electrons. The molecule has 0 bridgehead atoms. The Morgan fingerprint density at radius 3 is 2.36 bits per heavy atom. The van der Waals surface area contributed by atoms with Crippen molar-refractivity contribution in [3.05, 3.63) is 53.1 Å². The van der Waals surface area contributed by atoms with Gasteiger partial charge in [0.2, 0.25) is 11.8 Å². The van der Waals surface area contributed by atoms with Crippen LogP contribution in [0.25, 0.3) is 0 Å². The van der Waals surface area contributed by atoms with E-state index in [2.05, 4.69) is 10.6 Å². The predicted molar refractivity (Wildman–Crippen MR) is 109 cm³/mol. The molecule has 0 saturated heterocycles. The maximum absolute atomic E-state index is 12.3. The zero-order valence-corrected chi connectivity index (χ0v) is 16.4. The smallest absolute Gasteiger partial charge is 0.238 e. The zero-order valence-electron chi connectivity index (χ0n) is 15.7. The fourth-order valence-electron chi connectivity index (χ4n) is 2.53. The highest BCUT2D eigenvalue weighted by atomic mass is 35.5. The lowest BCUT2D eigenvalue weighted by molar-refractivity contribution is -0.119. The Morgan fingerprint density at radius 1 is 1.11 bits per heavy atom. The maximum atomic E-state index is 12.3. The predicted octanol–water partition coefficient (Wildman–Crippen LogP) is 3.12. The Kier molecular flexibility index (Phi) is 7.81. The summed E-state index contributed by atoms with van der Waals surface area (Å²) >= 11 is 5.93. The number of hydrogen-bond acceptors (Lipinski definition) is 5. The number of nitrogens with zero attached hydrogens (tertiary/aromatic N) is 2. The van der Waals surface area contributed by atoms with E-state index >= 15 is 0 Å². The Bertz CT molecular complexity index is 895. The molecular formula is C20H21ClN4O3. The summed E-state index contributed by atoms with van der Waals surface area (Å²) in [5.41, 5.74) is 1.22. The molecule has 0 aromatic heterocycles. The minimum absolute atomic E-state index is 0.00672. The van der Waals surface area contributed by atoms with Crippen LogP contribution in [0.4, 0.5) is 11.4 Å². The van der Waals surface area contributed by atoms with Crippen LogP contribution in [0.5, 0.6) is 5.75 Å². The number of likely N-dealkylation sites (N-methyl/N-ethyl adjacent to an activating group) is 1. The van der Waals surface area contributed by atoms with Crippen molar-refractivity contribution in [1.82, 2.24) is 4.90 Å². The number of rotatable bonds is 8. The van der Waals surface area contributed by atoms with Gasteiger partial charge in [-0.1, -0.05) is 30.7 Å². The van der Waals surface area contributed by atoms with E-state index in [-0.39, 0.29) is 24.9 Å². The van der Waals surface area contributed by atoms with Crippen molar-refractivity contribution >= 4 is 34.8 Å². The second kappa shape index (κ2) is 10.3. The largest absolute Gasteiger partial charge is 0.495 e. The number of hydrogen-bond donors (Lipinski definition) is 2. The highest BCUT2D eigenvalue weighted by Gasteiger charge is 2.15. The van der Waals surface area contributed by atoms with Crippen LogP contribution in [0, 0.1) is 11.3 Å². The van der Waals surface area contributed by atoms with Gasteiger partial charge in [-0.3, -0.25) is 14.5 Å². The molecule has 0 aliphatic rings. The molecule has 2 amide bonds. The molecule has 0 saturated carbocycles. The third-order valence-corrected chi connectivity index (χ3v) is 4.17. The van der Waals surface area contributed by atoms with E-state index in [1.54, 1.807) is 29.2 Å². The number of nitriles is 1. The first-order chi connectivity index (χ1) is 13.5. The maximum Gasteiger partial charge on any atom is 0.238 e. The summed E-state index contributed by atoms with van der Waals surface area (Å²) in [7, 11) is 1.53. The molecule has 2 aromatic rings. The van der Waals surface area contributed by atoms with Crippen LogP contribution in [0.1, 0.15) is 12.5 Å². The summed E-state index contributed by atoms with van der Waals surface area (Å²) in [6.07, 6.45) is 0. The van der Waals surface area contributed by atoms with Gasteiger partial charge in [-0.15, -0.1) is 0 Å². The second-order valence-corrected chi connectivity index (χ2v) is 6.34. The number of carbonyl (C=O) groups is 2. The monoisotopic (exact) mass is 400 g/mol. The van der Waals surface area contributed by atoms with Crippen molar-refractivity contribution < 1.29 is 14.3 Å². The van der Waals surface area contributed by atoms with Gasteiger partial charge in [0.1, 0.15) is 11.8 Å². The Hall–Kier alpha value is -3.08. The Morgan fingerprint density at radius 2 is 1.75 bits per heavy atom. The highest BCUT2D eigenvalue weighted by molar-refractivity contribution is 6.31. The van der Waals surface area contributed by atoms with Crippen molar-refractivity contribution in [2.24, 2.45) is 0 Å². The van der Waals surface area contributed by atoms with Gasteiger partial charge < -0.3 is 15.4 Å². The number of methoxy groups -OCH3 is 1. The lowest BCUT2D eigenvalue weighted by Gasteiger charge is -2.20. The van der Waals surface area contributed by atoms with E-state index in [1.807, 2.05) is 19.1 Å². The number of para-hydroxylation sites is 2. The molecule has 0 aliphatic carbocycles. The van der Waals surface area contributed by atoms with Crippen molar-refractivity contribution in [3.8, 4) is 11.8 Å². The van der Waals surface area contributed by atoms with Crippen LogP contribution >= 0.6 is 11.6 Å². The van der Waals surface area contributed by atoms with Gasteiger partial charge >= 0.3 is 0 Å². The third kappa shape index (κ3) is 5.98. The van der Waals surface area contributed by atoms with E-state index < -0.39 is 0 Å². The lowest BCUT2D eigenvalue weighted by atomic mass is 10.2. The van der Waals surface area contributed by atoms with E-state index in [9.17, 15) is 9.59 Å². The van der Waals surface area contributed by atoms with Gasteiger partial charge in [-0.05, 0) is 36.9 Å². The molecule has 146 valence electrons. The van der Waals surface area contributed by atoms with Crippen LogP contribution in [-0.4, -0.2) is 43.5 Å². The fraction of sp³-hybridized carbons (Fsp3) is 0.250. The van der Waals surface area contributed by atoms with E-state index in [0.29, 0.717) is 34.3 Å². The number of ether oxygens (including phenoxy) is 1. The molecule has 0 atom stereocenters. The first-order valence-corrected chi connectivity index (χ1v) is 8.99. The molecule has 2 N–H and O–H groups in total. The molecule has 0 aliphatic heterocycles. The number of benzene rings is 2. The molecule has 2 rings (SSSR count). The van der Waals surface area contributed by atoms with Gasteiger partial charge in [0, 0.05) is 5.02 Å². The minimum atomic E-state index is -0.342. The summed E-state index contributed by atoms with van der Waals surface area (Å²) in [5.74, 6) is -0.0491. The molecule has 8 heteroatoms. The molecular weight excluding hydrogens is 380 g/mol. The number of carbonyl (C=O) groups excluding carboxylic acids is 2. The normalized spacial score (nSPS) is 10.2. The Balaban J connectivity index is 1.96. The summed E-state index contributed by atoms with van der Waals surface area (Å²) in [5, 5.41) is 15.0. The molecule has 0 spiro atoms. The molecule has 7 nitrogen and oxygen atoms in total. The van der Waals surface area contributed by atoms with E-state index in [1.165, 1.54) is 19.2 Å². The second-order valence-electron chi connectivity index (χ2n) is 5.90. The fourth-order valence-corrected chi connectivity index (χ4v) is 2.70. The topological polar surface area (TPSA) is 94.5 Å². The summed E-state index contributed by atoms with van der Waals surface area (Å²) in [6, 6.07) is 13.7. The molecule has 28 heavy (non-hydrogen) atoms. The van der Waals surface area contributed by atoms with Crippen molar-refractivity contribution in [3.63, 3.8) is 0 Å². The molecule has 0 unspecified atom stereocenters. The highest BCUT2D eigenvalue weighted by Crippen LogP contribution is 2.23. The molecule has 0 heterocycles. The van der Waals surface area contributed by atoms with Crippen LogP contribution < -0.4 is 15.4 Å². The van der Waals surface area contributed by atoms with Crippen LogP contribution in [0.2, 0.25) is 5.02 Å². The van der Waals surface area contributed by atoms with Crippen LogP contribution in [0.15, 0.2) is 42.5 Å². The SMILES string of the molecule is CCN(CC(=O)Nc1cc(Cl)ccc1C#N)CC(=O)Nc1ccccc1OC. The standard InChI is InChI=1S/C20H21ClN4O3/c1-3-25(12-19(26)23-16-6-4-5-7-18(16)28-2)13-20(27)24-17-10-15(21)9-8-14(17)11-22/h4-10H,3,12-13H2,1-2H3,(H,23,26)(H,24,27). The molecule has 0 fully saturated rings. The van der Waals surface area contributed by atoms with Gasteiger partial charge in [0.25, 0.3) is 0 Å². The number of anilines is 2. The van der Waals surface area contributed by atoms with Crippen molar-refractivity contribution in [2.75, 3.05) is 37.4 Å². The van der Waals surface area contributed by atoms with Gasteiger partial charge in [-0.25, -0.2) is 0 Å². The van der Waals surface area contributed by atoms with Gasteiger partial charge in [0.15, 0.2) is 0 Å². The van der Waals surface area contributed by atoms with E-state index in [0.717, 1.165) is 0 Å². The first kappa shape index (κ1) is 21.2. The summed E-state index contributed by atoms with van der Waals surface area (Å²) in [4.78, 5) is 26.4. The average Bonchev–Trinajstić information content (AvgIpc) is 2.68. The third-order valence-electron chi connectivity index (χ3n) is 3.94. The molecule has 2 aromatic carbocycles. The number of nitrogens with one attached hydrogen (secondary N) is 2. The average molecular weight is 401 g/mol. The number of amides is 2. The first-order valence-electron chi connectivity index (χ1n) is 8.61. The summed E-state index contributed by atoms with van der Waals surface area (Å²) in [6.45, 7) is 2.37. The van der Waals surface area contributed by atoms with Crippen molar-refractivity contribution in [2.45, 2.75) is 6.92 Å². The number of halogens is 1. The minimum Gasteiger partial charge on any atom is -0.495 e. The quantitative estimate of drug-likeness (QED) is 0.709. The zero-order chi connectivity index (χ0) is 20.5.